The summed E-state index contributed by atoms with van der Waals surface area (Å²) in [5.74, 6) is 0. The Morgan fingerprint density at radius 3 is 2.37 bits per heavy atom. The zero-order chi connectivity index (χ0) is 14.5. The number of rotatable bonds is 6. The molecule has 0 bridgehead atoms. The summed E-state index contributed by atoms with van der Waals surface area (Å²) in [6, 6.07) is 1.12. The molecular formula is C14H21F3N2. The second kappa shape index (κ2) is 6.35. The van der Waals surface area contributed by atoms with E-state index in [2.05, 4.69) is 17.1 Å². The summed E-state index contributed by atoms with van der Waals surface area (Å²) in [5, 5.41) is 7.37. The lowest BCUT2D eigenvalue weighted by atomic mass is 9.83. The Kier molecular flexibility index (Phi) is 5.32. The van der Waals surface area contributed by atoms with E-state index in [-0.39, 0.29) is 5.41 Å². The first-order chi connectivity index (χ1) is 8.77. The molecule has 0 aliphatic rings. The predicted octanol–water partition coefficient (Wildman–Crippen LogP) is 4.74. The van der Waals surface area contributed by atoms with E-state index in [0.717, 1.165) is 44.4 Å². The van der Waals surface area contributed by atoms with Crippen molar-refractivity contribution in [3.8, 4) is 0 Å². The first kappa shape index (κ1) is 15.9. The predicted molar refractivity (Wildman–Crippen MR) is 68.8 cm³/mol. The highest BCUT2D eigenvalue weighted by Crippen LogP contribution is 2.33. The SMILES string of the molecule is CCCCCCC(C)(C)c1cc(C(F)(F)F)cnn1. The highest BCUT2D eigenvalue weighted by Gasteiger charge is 2.33. The third kappa shape index (κ3) is 4.80. The average molecular weight is 274 g/mol. The minimum Gasteiger partial charge on any atom is -0.166 e. The van der Waals surface area contributed by atoms with Crippen LogP contribution in [0.3, 0.4) is 0 Å². The quantitative estimate of drug-likeness (QED) is 0.700. The Bertz CT molecular complexity index is 400. The largest absolute Gasteiger partial charge is 0.418 e. The van der Waals surface area contributed by atoms with Gasteiger partial charge in [-0.25, -0.2) is 0 Å². The number of hydrogen-bond donors (Lipinski definition) is 0. The molecule has 1 heterocycles. The normalized spacial score (nSPS) is 12.7. The molecule has 0 aliphatic heterocycles. The molecule has 0 aliphatic carbocycles. The molecule has 0 aromatic carbocycles. The number of halogens is 3. The van der Waals surface area contributed by atoms with Gasteiger partial charge in [-0.3, -0.25) is 0 Å². The van der Waals surface area contributed by atoms with Crippen LogP contribution in [0.2, 0.25) is 0 Å². The van der Waals surface area contributed by atoms with Crippen molar-refractivity contribution in [1.29, 1.82) is 0 Å². The molecule has 5 heteroatoms. The molecule has 19 heavy (non-hydrogen) atoms. The van der Waals surface area contributed by atoms with E-state index in [0.29, 0.717) is 5.69 Å². The maximum absolute atomic E-state index is 12.6. The van der Waals surface area contributed by atoms with E-state index >= 15 is 0 Å². The van der Waals surface area contributed by atoms with Crippen LogP contribution in [-0.2, 0) is 11.6 Å². The molecule has 0 atom stereocenters. The van der Waals surface area contributed by atoms with Gasteiger partial charge < -0.3 is 0 Å². The fourth-order valence-corrected chi connectivity index (χ4v) is 1.97. The van der Waals surface area contributed by atoms with Gasteiger partial charge in [0.25, 0.3) is 0 Å². The molecule has 108 valence electrons. The number of hydrogen-bond acceptors (Lipinski definition) is 2. The van der Waals surface area contributed by atoms with Crippen LogP contribution in [0.1, 0.15) is 64.1 Å². The van der Waals surface area contributed by atoms with Crippen molar-refractivity contribution in [2.45, 2.75) is 64.5 Å². The molecular weight excluding hydrogens is 253 g/mol. The highest BCUT2D eigenvalue weighted by molar-refractivity contribution is 5.21. The maximum Gasteiger partial charge on any atom is 0.418 e. The van der Waals surface area contributed by atoms with Crippen molar-refractivity contribution in [1.82, 2.24) is 10.2 Å². The van der Waals surface area contributed by atoms with Crippen LogP contribution < -0.4 is 0 Å². The molecule has 0 N–H and O–H groups in total. The smallest absolute Gasteiger partial charge is 0.166 e. The molecule has 0 spiro atoms. The summed E-state index contributed by atoms with van der Waals surface area (Å²) >= 11 is 0. The summed E-state index contributed by atoms with van der Waals surface area (Å²) in [4.78, 5) is 0. The third-order valence-electron chi connectivity index (χ3n) is 3.33. The summed E-state index contributed by atoms with van der Waals surface area (Å²) < 4.78 is 37.9. The molecule has 0 saturated heterocycles. The van der Waals surface area contributed by atoms with Crippen LogP contribution in [0, 0.1) is 0 Å². The van der Waals surface area contributed by atoms with Gasteiger partial charge in [-0.15, -0.1) is 0 Å². The zero-order valence-corrected chi connectivity index (χ0v) is 11.7. The van der Waals surface area contributed by atoms with Gasteiger partial charge in [-0.1, -0.05) is 46.5 Å². The van der Waals surface area contributed by atoms with E-state index in [1.165, 1.54) is 0 Å². The van der Waals surface area contributed by atoms with Crippen molar-refractivity contribution in [2.75, 3.05) is 0 Å². The van der Waals surface area contributed by atoms with E-state index in [4.69, 9.17) is 0 Å². The zero-order valence-electron chi connectivity index (χ0n) is 11.7. The van der Waals surface area contributed by atoms with Crippen LogP contribution >= 0.6 is 0 Å². The number of unbranched alkanes of at least 4 members (excludes halogenated alkanes) is 3. The van der Waals surface area contributed by atoms with Crippen LogP contribution in [0.15, 0.2) is 12.3 Å². The molecule has 0 unspecified atom stereocenters. The molecule has 0 fully saturated rings. The molecule has 0 saturated carbocycles. The van der Waals surface area contributed by atoms with Crippen molar-refractivity contribution >= 4 is 0 Å². The topological polar surface area (TPSA) is 25.8 Å². The summed E-state index contributed by atoms with van der Waals surface area (Å²) in [6.07, 6.45) is 1.64. The lowest BCUT2D eigenvalue weighted by Gasteiger charge is -2.24. The second-order valence-corrected chi connectivity index (χ2v) is 5.52. The molecule has 1 rings (SSSR count). The summed E-state index contributed by atoms with van der Waals surface area (Å²) in [7, 11) is 0. The fourth-order valence-electron chi connectivity index (χ4n) is 1.97. The van der Waals surface area contributed by atoms with Crippen LogP contribution in [0.5, 0.6) is 0 Å². The Labute approximate surface area is 112 Å². The first-order valence-electron chi connectivity index (χ1n) is 6.68. The van der Waals surface area contributed by atoms with Gasteiger partial charge in [0, 0.05) is 5.41 Å². The molecule has 1 aromatic rings. The van der Waals surface area contributed by atoms with Crippen LogP contribution in [0.4, 0.5) is 13.2 Å². The van der Waals surface area contributed by atoms with E-state index in [1.54, 1.807) is 0 Å². The molecule has 2 nitrogen and oxygen atoms in total. The van der Waals surface area contributed by atoms with Gasteiger partial charge in [-0.05, 0) is 12.5 Å². The average Bonchev–Trinajstić information content (AvgIpc) is 2.34. The second-order valence-electron chi connectivity index (χ2n) is 5.52. The van der Waals surface area contributed by atoms with Gasteiger partial charge in [-0.2, -0.15) is 23.4 Å². The standard InChI is InChI=1S/C14H21F3N2/c1-4-5-6-7-8-13(2,3)12-9-11(10-18-19-12)14(15,16)17/h9-10H,4-8H2,1-3H3. The highest BCUT2D eigenvalue weighted by atomic mass is 19.4. The van der Waals surface area contributed by atoms with E-state index in [9.17, 15) is 13.2 Å². The summed E-state index contributed by atoms with van der Waals surface area (Å²) in [5.41, 5.74) is -0.680. The van der Waals surface area contributed by atoms with Crippen molar-refractivity contribution in [3.05, 3.63) is 23.5 Å². The van der Waals surface area contributed by atoms with Crippen LogP contribution in [-0.4, -0.2) is 10.2 Å². The number of aromatic nitrogens is 2. The van der Waals surface area contributed by atoms with E-state index < -0.39 is 11.7 Å². The Balaban J connectivity index is 2.77. The maximum atomic E-state index is 12.6. The Hall–Kier alpha value is -1.13. The number of nitrogens with zero attached hydrogens (tertiary/aromatic N) is 2. The monoisotopic (exact) mass is 274 g/mol. The minimum absolute atomic E-state index is 0.373. The lowest BCUT2D eigenvalue weighted by molar-refractivity contribution is -0.138. The molecule has 1 aromatic heterocycles. The fraction of sp³-hybridized carbons (Fsp3) is 0.714. The van der Waals surface area contributed by atoms with Crippen molar-refractivity contribution in [3.63, 3.8) is 0 Å². The molecule has 0 amide bonds. The van der Waals surface area contributed by atoms with Crippen LogP contribution in [0.25, 0.3) is 0 Å². The Morgan fingerprint density at radius 2 is 1.79 bits per heavy atom. The van der Waals surface area contributed by atoms with Gasteiger partial charge >= 0.3 is 6.18 Å². The van der Waals surface area contributed by atoms with Crippen molar-refractivity contribution < 1.29 is 13.2 Å². The van der Waals surface area contributed by atoms with Gasteiger partial charge in [0.15, 0.2) is 0 Å². The van der Waals surface area contributed by atoms with Gasteiger partial charge in [0.05, 0.1) is 17.5 Å². The first-order valence-corrected chi connectivity index (χ1v) is 6.68. The lowest BCUT2D eigenvalue weighted by Crippen LogP contribution is -2.21. The van der Waals surface area contributed by atoms with Gasteiger partial charge in [0.1, 0.15) is 0 Å². The minimum atomic E-state index is -4.36. The van der Waals surface area contributed by atoms with E-state index in [1.807, 2.05) is 13.8 Å². The summed E-state index contributed by atoms with van der Waals surface area (Å²) in [6.45, 7) is 5.97. The van der Waals surface area contributed by atoms with Crippen molar-refractivity contribution in [2.24, 2.45) is 0 Å². The third-order valence-corrected chi connectivity index (χ3v) is 3.33. The Morgan fingerprint density at radius 1 is 1.11 bits per heavy atom. The van der Waals surface area contributed by atoms with Gasteiger partial charge in [0.2, 0.25) is 0 Å². The molecule has 0 radical (unpaired) electrons. The number of alkyl halides is 3.